The lowest BCUT2D eigenvalue weighted by Gasteiger charge is -2.23. The zero-order valence-corrected chi connectivity index (χ0v) is 16.4. The number of phosphoric acid groups is 1. The molecule has 5 nitrogen and oxygen atoms in total. The van der Waals surface area contributed by atoms with Crippen LogP contribution in [-0.2, 0) is 9.09 Å². The SMILES string of the molecule is C1CCCCCCCCCCC1.C[N+](C)(C)CCOP(=O)(O)O. The van der Waals surface area contributed by atoms with Crippen LogP contribution >= 0.6 is 7.82 Å². The van der Waals surface area contributed by atoms with E-state index in [1.807, 2.05) is 21.1 Å². The number of phosphoric ester groups is 1. The van der Waals surface area contributed by atoms with E-state index in [1.54, 1.807) is 0 Å². The van der Waals surface area contributed by atoms with Gasteiger partial charge in [0.1, 0.15) is 13.2 Å². The van der Waals surface area contributed by atoms with Gasteiger partial charge in [0.15, 0.2) is 0 Å². The summed E-state index contributed by atoms with van der Waals surface area (Å²) in [5.74, 6) is 0. The molecule has 0 aromatic rings. The van der Waals surface area contributed by atoms with E-state index in [4.69, 9.17) is 9.79 Å². The number of quaternary nitrogens is 1. The zero-order valence-electron chi connectivity index (χ0n) is 15.5. The molecular weight excluding hydrogens is 313 g/mol. The molecule has 0 aromatic carbocycles. The summed E-state index contributed by atoms with van der Waals surface area (Å²) >= 11 is 0. The van der Waals surface area contributed by atoms with E-state index in [9.17, 15) is 4.57 Å². The molecule has 1 aliphatic carbocycles. The van der Waals surface area contributed by atoms with E-state index in [1.165, 1.54) is 77.0 Å². The molecule has 1 rings (SSSR count). The summed E-state index contributed by atoms with van der Waals surface area (Å²) in [5.41, 5.74) is 0. The molecule has 0 radical (unpaired) electrons. The van der Waals surface area contributed by atoms with Crippen molar-refractivity contribution >= 4 is 7.82 Å². The minimum Gasteiger partial charge on any atom is -0.329 e. The average Bonchev–Trinajstić information content (AvgIpc) is 2.37. The Labute approximate surface area is 143 Å². The smallest absolute Gasteiger partial charge is 0.329 e. The third kappa shape index (κ3) is 22.1. The second kappa shape index (κ2) is 13.4. The van der Waals surface area contributed by atoms with Crippen LogP contribution in [0.4, 0.5) is 0 Å². The van der Waals surface area contributed by atoms with Crippen LogP contribution in [0.5, 0.6) is 0 Å². The standard InChI is InChI=1S/C12H24.C5H14NO4P/c1-2-4-6-8-10-12-11-9-7-5-3-1;1-6(2,3)4-5-10-11(7,8)9/h1-12H2;4-5H2,1-3H3,(H-,7,8,9)/p+1. The molecule has 1 fully saturated rings. The van der Waals surface area contributed by atoms with Crippen molar-refractivity contribution in [2.24, 2.45) is 0 Å². The van der Waals surface area contributed by atoms with Gasteiger partial charge in [-0.1, -0.05) is 77.0 Å². The summed E-state index contributed by atoms with van der Waals surface area (Å²) in [6, 6.07) is 0. The molecule has 1 aliphatic rings. The first-order valence-corrected chi connectivity index (χ1v) is 10.7. The lowest BCUT2D eigenvalue weighted by atomic mass is 10.0. The minimum absolute atomic E-state index is 0.0772. The van der Waals surface area contributed by atoms with E-state index in [0.29, 0.717) is 11.0 Å². The van der Waals surface area contributed by atoms with Crippen molar-refractivity contribution in [3.63, 3.8) is 0 Å². The maximum absolute atomic E-state index is 10.2. The maximum Gasteiger partial charge on any atom is 0.469 e. The van der Waals surface area contributed by atoms with E-state index in [-0.39, 0.29) is 6.61 Å². The maximum atomic E-state index is 10.2. The van der Waals surface area contributed by atoms with Crippen molar-refractivity contribution in [1.82, 2.24) is 0 Å². The van der Waals surface area contributed by atoms with Gasteiger partial charge in [0.05, 0.1) is 21.1 Å². The third-order valence-electron chi connectivity index (χ3n) is 4.02. The monoisotopic (exact) mass is 352 g/mol. The van der Waals surface area contributed by atoms with Gasteiger partial charge in [-0.25, -0.2) is 4.57 Å². The highest BCUT2D eigenvalue weighted by Gasteiger charge is 2.15. The largest absolute Gasteiger partial charge is 0.469 e. The summed E-state index contributed by atoms with van der Waals surface area (Å²) in [7, 11) is 1.50. The fourth-order valence-corrected chi connectivity index (χ4v) is 2.87. The summed E-state index contributed by atoms with van der Waals surface area (Å²) in [4.78, 5) is 16.6. The van der Waals surface area contributed by atoms with Gasteiger partial charge in [0.2, 0.25) is 0 Å². The first-order chi connectivity index (χ1) is 10.7. The Kier molecular flexibility index (Phi) is 13.4. The average molecular weight is 352 g/mol. The minimum atomic E-state index is -4.26. The van der Waals surface area contributed by atoms with Crippen LogP contribution in [0.1, 0.15) is 77.0 Å². The highest BCUT2D eigenvalue weighted by molar-refractivity contribution is 7.46. The summed E-state index contributed by atoms with van der Waals surface area (Å²) in [5, 5.41) is 0. The molecule has 0 aromatic heterocycles. The zero-order chi connectivity index (χ0) is 17.6. The lowest BCUT2D eigenvalue weighted by molar-refractivity contribution is -0.870. The van der Waals surface area contributed by atoms with E-state index in [2.05, 4.69) is 4.52 Å². The number of nitrogens with zero attached hydrogens (tertiary/aromatic N) is 1. The Morgan fingerprint density at radius 1 is 0.739 bits per heavy atom. The van der Waals surface area contributed by atoms with Crippen molar-refractivity contribution in [3.05, 3.63) is 0 Å². The number of rotatable bonds is 4. The predicted molar refractivity (Wildman–Crippen MR) is 96.3 cm³/mol. The molecule has 0 bridgehead atoms. The molecule has 23 heavy (non-hydrogen) atoms. The van der Waals surface area contributed by atoms with Crippen LogP contribution < -0.4 is 0 Å². The van der Waals surface area contributed by atoms with Gasteiger partial charge >= 0.3 is 7.82 Å². The first-order valence-electron chi connectivity index (χ1n) is 9.21. The Balaban J connectivity index is 0.000000423. The second-order valence-corrected chi connectivity index (χ2v) is 8.82. The van der Waals surface area contributed by atoms with Crippen LogP contribution in [0.15, 0.2) is 0 Å². The fourth-order valence-electron chi connectivity index (χ4n) is 2.55. The topological polar surface area (TPSA) is 66.8 Å². The Hall–Kier alpha value is 0.0700. The van der Waals surface area contributed by atoms with Crippen molar-refractivity contribution in [2.75, 3.05) is 34.3 Å². The fraction of sp³-hybridized carbons (Fsp3) is 1.00. The summed E-state index contributed by atoms with van der Waals surface area (Å²) in [6.07, 6.45) is 18.0. The molecular formula is C17H39NO4P+. The highest BCUT2D eigenvalue weighted by atomic mass is 31.2. The third-order valence-corrected chi connectivity index (χ3v) is 4.54. The van der Waals surface area contributed by atoms with Crippen molar-refractivity contribution in [2.45, 2.75) is 77.0 Å². The van der Waals surface area contributed by atoms with Gasteiger partial charge in [0, 0.05) is 0 Å². The molecule has 1 saturated carbocycles. The van der Waals surface area contributed by atoms with E-state index < -0.39 is 7.82 Å². The quantitative estimate of drug-likeness (QED) is 0.578. The number of hydrogen-bond acceptors (Lipinski definition) is 2. The molecule has 0 unspecified atom stereocenters. The van der Waals surface area contributed by atoms with Gasteiger partial charge in [-0.2, -0.15) is 0 Å². The Morgan fingerprint density at radius 3 is 1.17 bits per heavy atom. The lowest BCUT2D eigenvalue weighted by Crippen LogP contribution is -2.37. The normalized spacial score (nSPS) is 19.0. The molecule has 140 valence electrons. The van der Waals surface area contributed by atoms with Gasteiger partial charge in [0.25, 0.3) is 0 Å². The Bertz CT molecular complexity index is 269. The van der Waals surface area contributed by atoms with Gasteiger partial charge < -0.3 is 14.3 Å². The molecule has 0 amide bonds. The highest BCUT2D eigenvalue weighted by Crippen LogP contribution is 2.35. The summed E-state index contributed by atoms with van der Waals surface area (Å²) in [6.45, 7) is 0.652. The van der Waals surface area contributed by atoms with Crippen LogP contribution in [0.3, 0.4) is 0 Å². The van der Waals surface area contributed by atoms with Gasteiger partial charge in [-0.05, 0) is 0 Å². The molecule has 0 saturated heterocycles. The van der Waals surface area contributed by atoms with Gasteiger partial charge in [-0.3, -0.25) is 4.52 Å². The molecule has 2 N–H and O–H groups in total. The second-order valence-electron chi connectivity index (χ2n) is 7.58. The van der Waals surface area contributed by atoms with Gasteiger partial charge in [-0.15, -0.1) is 0 Å². The molecule has 0 atom stereocenters. The molecule has 0 heterocycles. The summed E-state index contributed by atoms with van der Waals surface area (Å²) < 4.78 is 15.1. The van der Waals surface area contributed by atoms with Crippen LogP contribution in [-0.4, -0.2) is 48.6 Å². The van der Waals surface area contributed by atoms with Crippen LogP contribution in [0, 0.1) is 0 Å². The van der Waals surface area contributed by atoms with Crippen LogP contribution in [0.2, 0.25) is 0 Å². The van der Waals surface area contributed by atoms with E-state index in [0.717, 1.165) is 0 Å². The molecule has 0 spiro atoms. The van der Waals surface area contributed by atoms with Crippen molar-refractivity contribution < 1.29 is 23.4 Å². The molecule has 6 heteroatoms. The Morgan fingerprint density at radius 2 is 1.00 bits per heavy atom. The number of likely N-dealkylation sites (N-methyl/N-ethyl adjacent to an activating group) is 1. The first kappa shape index (κ1) is 23.1. The van der Waals surface area contributed by atoms with Crippen molar-refractivity contribution in [1.29, 1.82) is 0 Å². The predicted octanol–water partition coefficient (Wildman–Crippen LogP) is 4.48. The number of hydrogen-bond donors (Lipinski definition) is 2. The van der Waals surface area contributed by atoms with Crippen molar-refractivity contribution in [3.8, 4) is 0 Å². The molecule has 0 aliphatic heterocycles. The van der Waals surface area contributed by atoms with E-state index >= 15 is 0 Å². The van der Waals surface area contributed by atoms with Crippen LogP contribution in [0.25, 0.3) is 0 Å².